The molecule has 1 aliphatic heterocycles. The Bertz CT molecular complexity index is 883. The smallest absolute Gasteiger partial charge is 0.353 e. The number of nitrogens with zero attached hydrogens (tertiary/aromatic N) is 1. The normalized spacial score (nSPS) is 21.5. The van der Waals surface area contributed by atoms with Crippen LogP contribution in [0.5, 0.6) is 0 Å². The molecule has 0 N–H and O–H groups in total. The highest BCUT2D eigenvalue weighted by Gasteiger charge is 2.69. The molecule has 0 amide bonds. The first-order valence-corrected chi connectivity index (χ1v) is 12.4. The second-order valence-corrected chi connectivity index (χ2v) is 9.39. The van der Waals surface area contributed by atoms with Gasteiger partial charge in [-0.3, -0.25) is 9.36 Å². The Morgan fingerprint density at radius 2 is 1.84 bits per heavy atom. The van der Waals surface area contributed by atoms with Gasteiger partial charge < -0.3 is 23.3 Å². The average Bonchev–Trinajstić information content (AvgIpc) is 3.36. The van der Waals surface area contributed by atoms with Crippen LogP contribution in [0.1, 0.15) is 38.5 Å². The first-order valence-electron chi connectivity index (χ1n) is 9.90. The van der Waals surface area contributed by atoms with E-state index in [0.717, 1.165) is 6.26 Å². The molecule has 0 saturated heterocycles. The van der Waals surface area contributed by atoms with Crippen LogP contribution < -0.4 is 0 Å². The first-order chi connectivity index (χ1) is 14.9. The summed E-state index contributed by atoms with van der Waals surface area (Å²) in [4.78, 5) is 27.2. The molecule has 1 aromatic heterocycles. The summed E-state index contributed by atoms with van der Waals surface area (Å²) >= 11 is 1.25. The van der Waals surface area contributed by atoms with E-state index in [2.05, 4.69) is 0 Å². The van der Waals surface area contributed by atoms with Gasteiger partial charge in [0.05, 0.1) is 50.2 Å². The standard InChI is InChI=1S/C20H26NO8PS/c1-5-25-18(22)17(30(24,28-7-3)29-8-4)20(19(23)26-6-2)16(14(12-21)13-27-20)15-10-9-11-31-15/h9-11,13,16-17H,5-8H2,1-4H3. The Labute approximate surface area is 185 Å². The van der Waals surface area contributed by atoms with E-state index >= 15 is 0 Å². The summed E-state index contributed by atoms with van der Waals surface area (Å²) in [6.45, 7) is 6.11. The van der Waals surface area contributed by atoms with Crippen molar-refractivity contribution in [2.45, 2.75) is 44.9 Å². The summed E-state index contributed by atoms with van der Waals surface area (Å²) in [5.74, 6) is -3.04. The van der Waals surface area contributed by atoms with Gasteiger partial charge in [0.15, 0.2) is 0 Å². The molecule has 0 fully saturated rings. The molecular formula is C20H26NO8PS. The van der Waals surface area contributed by atoms with Gasteiger partial charge in [0.1, 0.15) is 0 Å². The molecule has 2 rings (SSSR count). The number of rotatable bonds is 11. The zero-order valence-corrected chi connectivity index (χ0v) is 19.6. The van der Waals surface area contributed by atoms with Gasteiger partial charge in [-0.1, -0.05) is 6.07 Å². The lowest BCUT2D eigenvalue weighted by atomic mass is 9.80. The van der Waals surface area contributed by atoms with Crippen LogP contribution in [0.25, 0.3) is 0 Å². The number of esters is 2. The molecule has 0 radical (unpaired) electrons. The molecule has 2 heterocycles. The predicted molar refractivity (Wildman–Crippen MR) is 112 cm³/mol. The predicted octanol–water partition coefficient (Wildman–Crippen LogP) is 3.77. The van der Waals surface area contributed by atoms with E-state index in [1.807, 2.05) is 6.07 Å². The van der Waals surface area contributed by atoms with Crippen molar-refractivity contribution < 1.29 is 37.4 Å². The molecule has 0 aromatic carbocycles. The minimum atomic E-state index is -4.32. The van der Waals surface area contributed by atoms with Crippen LogP contribution in [0.15, 0.2) is 29.3 Å². The van der Waals surface area contributed by atoms with Crippen molar-refractivity contribution in [2.75, 3.05) is 26.4 Å². The van der Waals surface area contributed by atoms with Crippen LogP contribution in [-0.4, -0.2) is 49.6 Å². The molecule has 3 unspecified atom stereocenters. The van der Waals surface area contributed by atoms with Crippen LogP contribution >= 0.6 is 18.9 Å². The summed E-state index contributed by atoms with van der Waals surface area (Å²) in [7, 11) is -4.32. The van der Waals surface area contributed by atoms with Gasteiger partial charge in [0.2, 0.25) is 11.3 Å². The molecule has 170 valence electrons. The molecule has 0 bridgehead atoms. The van der Waals surface area contributed by atoms with Crippen LogP contribution in [0, 0.1) is 11.3 Å². The van der Waals surface area contributed by atoms with Crippen LogP contribution in [0.2, 0.25) is 0 Å². The van der Waals surface area contributed by atoms with E-state index < -0.39 is 36.7 Å². The molecule has 1 aromatic rings. The van der Waals surface area contributed by atoms with E-state index in [0.29, 0.717) is 4.88 Å². The van der Waals surface area contributed by atoms with E-state index in [1.54, 1.807) is 45.2 Å². The van der Waals surface area contributed by atoms with Crippen LogP contribution in [0.4, 0.5) is 0 Å². The molecule has 1 aliphatic rings. The first kappa shape index (κ1) is 25.1. The average molecular weight is 471 g/mol. The molecular weight excluding hydrogens is 445 g/mol. The zero-order chi connectivity index (χ0) is 23.1. The third-order valence-electron chi connectivity index (χ3n) is 4.52. The van der Waals surface area contributed by atoms with Crippen molar-refractivity contribution in [1.82, 2.24) is 0 Å². The third-order valence-corrected chi connectivity index (χ3v) is 7.92. The maximum Gasteiger partial charge on any atom is 0.353 e. The van der Waals surface area contributed by atoms with Gasteiger partial charge in [0.25, 0.3) is 0 Å². The molecule has 0 aliphatic carbocycles. The van der Waals surface area contributed by atoms with E-state index in [1.165, 1.54) is 11.3 Å². The highest BCUT2D eigenvalue weighted by Crippen LogP contribution is 2.63. The van der Waals surface area contributed by atoms with Crippen molar-refractivity contribution in [3.8, 4) is 6.07 Å². The van der Waals surface area contributed by atoms with E-state index in [9.17, 15) is 19.4 Å². The number of carbonyl (C=O) groups excluding carboxylic acids is 2. The Morgan fingerprint density at radius 3 is 2.32 bits per heavy atom. The second-order valence-electron chi connectivity index (χ2n) is 6.29. The van der Waals surface area contributed by atoms with Crippen LogP contribution in [0.3, 0.4) is 0 Å². The van der Waals surface area contributed by atoms with E-state index in [4.69, 9.17) is 23.3 Å². The summed E-state index contributed by atoms with van der Waals surface area (Å²) in [6.07, 6.45) is 1.09. The lowest BCUT2D eigenvalue weighted by Crippen LogP contribution is -2.58. The van der Waals surface area contributed by atoms with Gasteiger partial charge >= 0.3 is 19.5 Å². The third kappa shape index (κ3) is 4.70. The molecule has 0 saturated carbocycles. The largest absolute Gasteiger partial charge is 0.479 e. The van der Waals surface area contributed by atoms with Crippen molar-refractivity contribution in [3.63, 3.8) is 0 Å². The van der Waals surface area contributed by atoms with Crippen LogP contribution in [-0.2, 0) is 37.4 Å². The number of carbonyl (C=O) groups is 2. The monoisotopic (exact) mass is 471 g/mol. The maximum absolute atomic E-state index is 13.9. The fraction of sp³-hybridized carbons (Fsp3) is 0.550. The van der Waals surface area contributed by atoms with Gasteiger partial charge in [-0.2, -0.15) is 5.26 Å². The van der Waals surface area contributed by atoms with Crippen molar-refractivity contribution in [3.05, 3.63) is 34.2 Å². The summed E-state index contributed by atoms with van der Waals surface area (Å²) in [5, 5.41) is 11.5. The molecule has 0 spiro atoms. The quantitative estimate of drug-likeness (QED) is 0.351. The Balaban J connectivity index is 2.83. The number of thiophene rings is 1. The lowest BCUT2D eigenvalue weighted by Gasteiger charge is -2.39. The van der Waals surface area contributed by atoms with Gasteiger partial charge in [-0.05, 0) is 39.1 Å². The minimum Gasteiger partial charge on any atom is -0.479 e. The van der Waals surface area contributed by atoms with Gasteiger partial charge in [-0.15, -0.1) is 11.3 Å². The number of nitriles is 1. The summed E-state index contributed by atoms with van der Waals surface area (Å²) in [5.41, 5.74) is -3.96. The number of hydrogen-bond acceptors (Lipinski definition) is 10. The maximum atomic E-state index is 13.9. The zero-order valence-electron chi connectivity index (χ0n) is 17.9. The SMILES string of the molecule is CCOC(=O)C(C1(C(=O)OCC)OC=C(C#N)C1c1cccs1)P(=O)(OCC)OCC. The molecule has 3 atom stereocenters. The number of hydrogen-bond donors (Lipinski definition) is 0. The Kier molecular flexibility index (Phi) is 8.83. The molecule has 9 nitrogen and oxygen atoms in total. The fourth-order valence-corrected chi connectivity index (χ4v) is 6.61. The molecule has 31 heavy (non-hydrogen) atoms. The summed E-state index contributed by atoms with van der Waals surface area (Å²) in [6, 6.07) is 5.43. The minimum absolute atomic E-state index is 0.0356. The highest BCUT2D eigenvalue weighted by atomic mass is 32.1. The number of ether oxygens (including phenoxy) is 3. The van der Waals surface area contributed by atoms with Crippen molar-refractivity contribution in [1.29, 1.82) is 5.26 Å². The van der Waals surface area contributed by atoms with Crippen molar-refractivity contribution >= 4 is 30.9 Å². The fourth-order valence-electron chi connectivity index (χ4n) is 3.49. The van der Waals surface area contributed by atoms with Gasteiger partial charge in [0, 0.05) is 4.88 Å². The highest BCUT2D eigenvalue weighted by molar-refractivity contribution is 7.56. The van der Waals surface area contributed by atoms with Crippen molar-refractivity contribution in [2.24, 2.45) is 0 Å². The Morgan fingerprint density at radius 1 is 1.19 bits per heavy atom. The van der Waals surface area contributed by atoms with E-state index in [-0.39, 0.29) is 32.0 Å². The summed E-state index contributed by atoms with van der Waals surface area (Å²) < 4.78 is 41.0. The second kappa shape index (κ2) is 10.9. The molecule has 11 heteroatoms. The lowest BCUT2D eigenvalue weighted by molar-refractivity contribution is -0.172. The van der Waals surface area contributed by atoms with Gasteiger partial charge in [-0.25, -0.2) is 4.79 Å². The topological polar surface area (TPSA) is 121 Å². The Hall–Kier alpha value is -2.18.